The molecule has 2 N–H and O–H groups in total. The molecule has 0 atom stereocenters. The molecule has 2 aromatic rings. The van der Waals surface area contributed by atoms with E-state index in [9.17, 15) is 19.2 Å². The summed E-state index contributed by atoms with van der Waals surface area (Å²) in [5.41, 5.74) is -1.96. The van der Waals surface area contributed by atoms with Crippen LogP contribution in [0.1, 0.15) is 47.3 Å². The number of imide groups is 1. The lowest BCUT2D eigenvalue weighted by molar-refractivity contribution is 0.0620. The summed E-state index contributed by atoms with van der Waals surface area (Å²) in [6.45, 7) is -0.120. The second kappa shape index (κ2) is 5.54. The molecule has 24 heavy (non-hydrogen) atoms. The third kappa shape index (κ3) is 2.28. The van der Waals surface area contributed by atoms with E-state index in [1.165, 1.54) is 0 Å². The monoisotopic (exact) mass is 327 g/mol. The molecular weight excluding hydrogens is 318 g/mol. The highest BCUT2D eigenvalue weighted by atomic mass is 16.4. The Labute approximate surface area is 134 Å². The number of carboxylic acid groups (broad SMARTS) is 2. The van der Waals surface area contributed by atoms with Crippen LogP contribution in [0.15, 0.2) is 30.3 Å². The summed E-state index contributed by atoms with van der Waals surface area (Å²) in [7, 11) is 0. The molecular formula is C15H9N3O6. The molecule has 0 saturated heterocycles. The van der Waals surface area contributed by atoms with E-state index in [-0.39, 0.29) is 6.54 Å². The number of aromatic nitrogens is 2. The molecule has 0 spiro atoms. The normalized spacial score (nSPS) is 13.1. The lowest BCUT2D eigenvalue weighted by Gasteiger charge is -2.13. The second-order valence-corrected chi connectivity index (χ2v) is 4.94. The van der Waals surface area contributed by atoms with Crippen LogP contribution < -0.4 is 0 Å². The van der Waals surface area contributed by atoms with E-state index in [4.69, 9.17) is 10.2 Å². The number of carbonyl (C=O) groups excluding carboxylic acids is 2. The Morgan fingerprint density at radius 2 is 1.33 bits per heavy atom. The van der Waals surface area contributed by atoms with Crippen LogP contribution >= 0.6 is 0 Å². The summed E-state index contributed by atoms with van der Waals surface area (Å²) in [5.74, 6) is -4.96. The van der Waals surface area contributed by atoms with E-state index in [0.29, 0.717) is 5.56 Å². The van der Waals surface area contributed by atoms with Crippen LogP contribution in [-0.2, 0) is 6.54 Å². The minimum Gasteiger partial charge on any atom is -0.476 e. The van der Waals surface area contributed by atoms with Crippen molar-refractivity contribution in [3.8, 4) is 0 Å². The average molecular weight is 327 g/mol. The first-order valence-electron chi connectivity index (χ1n) is 6.69. The fourth-order valence-corrected chi connectivity index (χ4v) is 2.42. The van der Waals surface area contributed by atoms with Gasteiger partial charge in [0.25, 0.3) is 11.8 Å². The number of hydrogen-bond donors (Lipinski definition) is 2. The average Bonchev–Trinajstić information content (AvgIpc) is 2.80. The van der Waals surface area contributed by atoms with E-state index >= 15 is 0 Å². The van der Waals surface area contributed by atoms with Crippen molar-refractivity contribution in [2.45, 2.75) is 6.54 Å². The van der Waals surface area contributed by atoms with Gasteiger partial charge in [0.05, 0.1) is 17.7 Å². The van der Waals surface area contributed by atoms with Gasteiger partial charge >= 0.3 is 11.9 Å². The molecule has 1 aliphatic heterocycles. The Morgan fingerprint density at radius 1 is 0.875 bits per heavy atom. The van der Waals surface area contributed by atoms with Crippen LogP contribution in [0.5, 0.6) is 0 Å². The van der Waals surface area contributed by atoms with Crippen LogP contribution in [0.25, 0.3) is 0 Å². The van der Waals surface area contributed by atoms with Gasteiger partial charge in [0.1, 0.15) is 0 Å². The molecule has 0 radical (unpaired) electrons. The highest BCUT2D eigenvalue weighted by molar-refractivity contribution is 6.26. The fraction of sp³-hybridized carbons (Fsp3) is 0.0667. The third-order valence-electron chi connectivity index (χ3n) is 3.48. The van der Waals surface area contributed by atoms with Crippen molar-refractivity contribution in [1.29, 1.82) is 0 Å². The molecule has 1 aliphatic rings. The van der Waals surface area contributed by atoms with Gasteiger partial charge in [-0.25, -0.2) is 9.59 Å². The Balaban J connectivity index is 2.13. The van der Waals surface area contributed by atoms with Crippen LogP contribution in [-0.4, -0.2) is 49.1 Å². The number of carbonyl (C=O) groups is 4. The maximum absolute atomic E-state index is 12.5. The van der Waals surface area contributed by atoms with E-state index in [1.54, 1.807) is 30.3 Å². The first-order chi connectivity index (χ1) is 11.4. The molecule has 2 heterocycles. The summed E-state index contributed by atoms with van der Waals surface area (Å²) in [6, 6.07) is 8.53. The molecule has 0 fully saturated rings. The number of benzene rings is 1. The van der Waals surface area contributed by atoms with Crippen molar-refractivity contribution in [1.82, 2.24) is 15.1 Å². The van der Waals surface area contributed by atoms with Gasteiger partial charge in [0.2, 0.25) is 0 Å². The Bertz CT molecular complexity index is 841. The van der Waals surface area contributed by atoms with Gasteiger partial charge < -0.3 is 10.2 Å². The lowest BCUT2D eigenvalue weighted by atomic mass is 10.1. The fourth-order valence-electron chi connectivity index (χ4n) is 2.42. The van der Waals surface area contributed by atoms with Gasteiger partial charge in [0.15, 0.2) is 11.4 Å². The summed E-state index contributed by atoms with van der Waals surface area (Å²) in [4.78, 5) is 48.2. The summed E-state index contributed by atoms with van der Waals surface area (Å²) in [5, 5.41) is 24.8. The van der Waals surface area contributed by atoms with Crippen molar-refractivity contribution < 1.29 is 29.4 Å². The quantitative estimate of drug-likeness (QED) is 0.781. The highest BCUT2D eigenvalue weighted by Gasteiger charge is 2.43. The second-order valence-electron chi connectivity index (χ2n) is 4.94. The predicted octanol–water partition coefficient (Wildman–Crippen LogP) is 0.669. The smallest absolute Gasteiger partial charge is 0.357 e. The zero-order chi connectivity index (χ0) is 17.4. The van der Waals surface area contributed by atoms with Gasteiger partial charge in [-0.3, -0.25) is 14.5 Å². The molecule has 3 rings (SSSR count). The van der Waals surface area contributed by atoms with Crippen molar-refractivity contribution in [3.63, 3.8) is 0 Å². The molecule has 0 bridgehead atoms. The molecule has 0 aliphatic carbocycles. The Morgan fingerprint density at radius 3 is 1.75 bits per heavy atom. The van der Waals surface area contributed by atoms with Crippen molar-refractivity contribution in [2.75, 3.05) is 0 Å². The van der Waals surface area contributed by atoms with Crippen LogP contribution in [0.3, 0.4) is 0 Å². The highest BCUT2D eigenvalue weighted by Crippen LogP contribution is 2.28. The van der Waals surface area contributed by atoms with Crippen molar-refractivity contribution in [2.24, 2.45) is 0 Å². The van der Waals surface area contributed by atoms with E-state index in [0.717, 1.165) is 4.90 Å². The Hall–Kier alpha value is -3.62. The number of amides is 2. The van der Waals surface area contributed by atoms with Crippen LogP contribution in [0.4, 0.5) is 0 Å². The maximum Gasteiger partial charge on any atom is 0.357 e. The molecule has 1 aromatic heterocycles. The van der Waals surface area contributed by atoms with E-state index < -0.39 is 46.3 Å². The minimum absolute atomic E-state index is 0.120. The van der Waals surface area contributed by atoms with Crippen molar-refractivity contribution >= 4 is 23.8 Å². The SMILES string of the molecule is O=C(O)c1nnc(C(=O)O)c2c1C(=O)N(Cc1ccccc1)C2=O. The van der Waals surface area contributed by atoms with Crippen molar-refractivity contribution in [3.05, 3.63) is 58.4 Å². The number of aromatic carboxylic acids is 2. The molecule has 9 nitrogen and oxygen atoms in total. The predicted molar refractivity (Wildman–Crippen MR) is 76.6 cm³/mol. The van der Waals surface area contributed by atoms with Gasteiger partial charge in [-0.2, -0.15) is 0 Å². The van der Waals surface area contributed by atoms with Crippen LogP contribution in [0, 0.1) is 0 Å². The summed E-state index contributed by atoms with van der Waals surface area (Å²) < 4.78 is 0. The third-order valence-corrected chi connectivity index (χ3v) is 3.48. The van der Waals surface area contributed by atoms with E-state index in [2.05, 4.69) is 10.2 Å². The first-order valence-corrected chi connectivity index (χ1v) is 6.69. The van der Waals surface area contributed by atoms with Gasteiger partial charge in [-0.15, -0.1) is 10.2 Å². The number of nitrogens with zero attached hydrogens (tertiary/aromatic N) is 3. The summed E-state index contributed by atoms with van der Waals surface area (Å²) >= 11 is 0. The standard InChI is InChI=1S/C15H9N3O6/c19-12-8-9(11(15(23)24)17-16-10(8)14(21)22)13(20)18(12)6-7-4-2-1-3-5-7/h1-5H,6H2,(H,21,22)(H,23,24). The number of carboxylic acids is 2. The molecule has 9 heteroatoms. The number of hydrogen-bond acceptors (Lipinski definition) is 6. The largest absolute Gasteiger partial charge is 0.476 e. The molecule has 2 amide bonds. The first kappa shape index (κ1) is 15.3. The molecule has 120 valence electrons. The molecule has 0 saturated carbocycles. The van der Waals surface area contributed by atoms with Gasteiger partial charge in [-0.05, 0) is 5.56 Å². The van der Waals surface area contributed by atoms with Gasteiger partial charge in [0, 0.05) is 0 Å². The van der Waals surface area contributed by atoms with Gasteiger partial charge in [-0.1, -0.05) is 30.3 Å². The molecule has 1 aromatic carbocycles. The zero-order valence-corrected chi connectivity index (χ0v) is 12.0. The molecule has 0 unspecified atom stereocenters. The Kier molecular flexibility index (Phi) is 3.53. The zero-order valence-electron chi connectivity index (χ0n) is 12.0. The topological polar surface area (TPSA) is 138 Å². The minimum atomic E-state index is -1.57. The van der Waals surface area contributed by atoms with Crippen LogP contribution in [0.2, 0.25) is 0 Å². The lowest BCUT2D eigenvalue weighted by Crippen LogP contribution is -2.29. The number of rotatable bonds is 4. The maximum atomic E-state index is 12.5. The number of fused-ring (bicyclic) bond motifs is 1. The van der Waals surface area contributed by atoms with E-state index in [1.807, 2.05) is 0 Å². The summed E-state index contributed by atoms with van der Waals surface area (Å²) in [6.07, 6.45) is 0.